The third-order valence-electron chi connectivity index (χ3n) is 1.32. The smallest absolute Gasteiger partial charge is 0.272 e. The van der Waals surface area contributed by atoms with Crippen LogP contribution in [0.4, 0.5) is 5.69 Å². The SMILES string of the molecule is COC(=O)c1c(N)[c-]sc1C.[Y]. The normalized spacial score (nSPS) is 8.83. The molecule has 0 aliphatic heterocycles. The second-order valence-electron chi connectivity index (χ2n) is 2.04. The number of aryl methyl sites for hydroxylation is 1. The molecule has 0 aliphatic rings. The van der Waals surface area contributed by atoms with Crippen molar-refractivity contribution in [3.63, 3.8) is 0 Å². The number of thiophene rings is 1. The summed E-state index contributed by atoms with van der Waals surface area (Å²) in [5.74, 6) is -0.391. The summed E-state index contributed by atoms with van der Waals surface area (Å²) in [6, 6.07) is 0. The largest absolute Gasteiger partial charge is 0.475 e. The van der Waals surface area contributed by atoms with E-state index < -0.39 is 5.97 Å². The number of carbonyl (C=O) groups is 1. The van der Waals surface area contributed by atoms with Crippen molar-refractivity contribution in [1.82, 2.24) is 0 Å². The third-order valence-corrected chi connectivity index (χ3v) is 2.16. The molecule has 0 aliphatic carbocycles. The molecule has 3 nitrogen and oxygen atoms in total. The number of esters is 1. The van der Waals surface area contributed by atoms with E-state index in [-0.39, 0.29) is 32.7 Å². The molecule has 0 unspecified atom stereocenters. The summed E-state index contributed by atoms with van der Waals surface area (Å²) in [4.78, 5) is 11.8. The van der Waals surface area contributed by atoms with Crippen molar-refractivity contribution in [1.29, 1.82) is 0 Å². The van der Waals surface area contributed by atoms with Crippen LogP contribution in [0.2, 0.25) is 0 Å². The van der Waals surface area contributed by atoms with E-state index in [0.717, 1.165) is 4.88 Å². The molecule has 1 rings (SSSR count). The van der Waals surface area contributed by atoms with E-state index in [0.29, 0.717) is 11.3 Å². The van der Waals surface area contributed by atoms with Gasteiger partial charge in [0.25, 0.3) is 5.97 Å². The molecule has 0 saturated heterocycles. The molecule has 0 fully saturated rings. The summed E-state index contributed by atoms with van der Waals surface area (Å²) >= 11 is 1.32. The average Bonchev–Trinajstić information content (AvgIpc) is 2.30. The molecule has 1 heterocycles. The Hall–Kier alpha value is 0.0739. The molecule has 0 spiro atoms. The number of methoxy groups -OCH3 is 1. The first kappa shape index (κ1) is 12.1. The van der Waals surface area contributed by atoms with Crippen LogP contribution < -0.4 is 5.73 Å². The van der Waals surface area contributed by atoms with Gasteiger partial charge in [-0.1, -0.05) is 23.6 Å². The molecule has 12 heavy (non-hydrogen) atoms. The van der Waals surface area contributed by atoms with Crippen LogP contribution in [-0.2, 0) is 37.4 Å². The molecule has 0 bridgehead atoms. The van der Waals surface area contributed by atoms with E-state index in [1.807, 2.05) is 6.92 Å². The average molecular weight is 259 g/mol. The van der Waals surface area contributed by atoms with E-state index in [4.69, 9.17) is 5.73 Å². The zero-order chi connectivity index (χ0) is 8.43. The first-order chi connectivity index (χ1) is 5.16. The standard InChI is InChI=1S/C7H8NO2S.Y/c1-4-6(7(9)10-2)5(8)3-11-4;/h8H2,1-2H3;/q-1;. The summed E-state index contributed by atoms with van der Waals surface area (Å²) in [5.41, 5.74) is 6.29. The zero-order valence-electron chi connectivity index (χ0n) is 6.88. The first-order valence-corrected chi connectivity index (χ1v) is 3.83. The van der Waals surface area contributed by atoms with Crippen molar-refractivity contribution in [2.24, 2.45) is 0 Å². The maximum atomic E-state index is 11.0. The number of nitrogen functional groups attached to an aromatic ring is 1. The van der Waals surface area contributed by atoms with Gasteiger partial charge in [-0.2, -0.15) is 0 Å². The van der Waals surface area contributed by atoms with Crippen LogP contribution in [0.5, 0.6) is 0 Å². The maximum absolute atomic E-state index is 11.0. The fourth-order valence-electron chi connectivity index (χ4n) is 0.779. The van der Waals surface area contributed by atoms with Gasteiger partial charge in [0.05, 0.1) is 7.11 Å². The van der Waals surface area contributed by atoms with Gasteiger partial charge < -0.3 is 10.5 Å². The summed E-state index contributed by atoms with van der Waals surface area (Å²) in [6.07, 6.45) is 0. The van der Waals surface area contributed by atoms with Gasteiger partial charge >= 0.3 is 0 Å². The summed E-state index contributed by atoms with van der Waals surface area (Å²) in [6.45, 7) is 1.81. The number of hydrogen-bond donors (Lipinski definition) is 1. The number of ether oxygens (including phenoxy) is 1. The number of carbonyl (C=O) groups excluding carboxylic acids is 1. The summed E-state index contributed by atoms with van der Waals surface area (Å²) < 4.78 is 4.52. The molecular formula is C7H8NO2SY-. The van der Waals surface area contributed by atoms with Crippen LogP contribution in [-0.4, -0.2) is 13.1 Å². The second kappa shape index (κ2) is 4.95. The molecule has 0 amide bonds. The number of rotatable bonds is 1. The molecule has 0 saturated carbocycles. The molecule has 5 heteroatoms. The van der Waals surface area contributed by atoms with E-state index in [1.165, 1.54) is 18.4 Å². The van der Waals surface area contributed by atoms with Crippen LogP contribution in [0.15, 0.2) is 0 Å². The molecule has 0 aromatic carbocycles. The maximum Gasteiger partial charge on any atom is 0.272 e. The number of anilines is 1. The Balaban J connectivity index is 0.00000121. The fourth-order valence-corrected chi connectivity index (χ4v) is 1.44. The Morgan fingerprint density at radius 1 is 1.67 bits per heavy atom. The monoisotopic (exact) mass is 259 g/mol. The molecule has 0 atom stereocenters. The molecule has 1 radical (unpaired) electrons. The van der Waals surface area contributed by atoms with Crippen molar-refractivity contribution >= 4 is 23.0 Å². The predicted molar refractivity (Wildman–Crippen MR) is 43.6 cm³/mol. The Morgan fingerprint density at radius 3 is 2.58 bits per heavy atom. The zero-order valence-corrected chi connectivity index (χ0v) is 10.5. The van der Waals surface area contributed by atoms with Crippen LogP contribution >= 0.6 is 11.3 Å². The minimum absolute atomic E-state index is 0. The Labute approximate surface area is 100 Å². The summed E-state index contributed by atoms with van der Waals surface area (Å²) in [5, 5.41) is 2.77. The number of hydrogen-bond acceptors (Lipinski definition) is 4. The van der Waals surface area contributed by atoms with Crippen LogP contribution in [0.25, 0.3) is 0 Å². The topological polar surface area (TPSA) is 52.3 Å². The Kier molecular flexibility index (Phi) is 4.98. The molecule has 1 aromatic rings. The van der Waals surface area contributed by atoms with Crippen LogP contribution in [0, 0.1) is 12.3 Å². The first-order valence-electron chi connectivity index (χ1n) is 3.01. The van der Waals surface area contributed by atoms with Crippen molar-refractivity contribution in [3.05, 3.63) is 15.8 Å². The van der Waals surface area contributed by atoms with Gasteiger partial charge in [-0.15, -0.1) is 4.88 Å². The van der Waals surface area contributed by atoms with Gasteiger partial charge in [0.1, 0.15) is 0 Å². The van der Waals surface area contributed by atoms with Crippen molar-refractivity contribution in [2.75, 3.05) is 12.8 Å². The summed E-state index contributed by atoms with van der Waals surface area (Å²) in [7, 11) is 1.33. The van der Waals surface area contributed by atoms with E-state index >= 15 is 0 Å². The second-order valence-corrected chi connectivity index (χ2v) is 3.06. The van der Waals surface area contributed by atoms with Gasteiger partial charge in [-0.3, -0.25) is 16.1 Å². The molecule has 2 N–H and O–H groups in total. The van der Waals surface area contributed by atoms with Crippen LogP contribution in [0.1, 0.15) is 15.2 Å². The van der Waals surface area contributed by atoms with Crippen LogP contribution in [0.3, 0.4) is 0 Å². The Morgan fingerprint density at radius 2 is 2.25 bits per heavy atom. The van der Waals surface area contributed by atoms with Gasteiger partial charge in [-0.25, -0.2) is 0 Å². The van der Waals surface area contributed by atoms with E-state index in [9.17, 15) is 4.79 Å². The quantitative estimate of drug-likeness (QED) is 0.609. The Bertz CT molecular complexity index is 265. The van der Waals surface area contributed by atoms with Gasteiger partial charge in [0.2, 0.25) is 0 Å². The van der Waals surface area contributed by atoms with Gasteiger partial charge in [-0.05, 0) is 0 Å². The minimum Gasteiger partial charge on any atom is -0.475 e. The van der Waals surface area contributed by atoms with Gasteiger partial charge in [0.15, 0.2) is 0 Å². The van der Waals surface area contributed by atoms with E-state index in [2.05, 4.69) is 10.1 Å². The number of nitrogens with two attached hydrogens (primary N) is 1. The molecule has 1 aromatic heterocycles. The minimum atomic E-state index is -0.391. The van der Waals surface area contributed by atoms with Crippen molar-refractivity contribution in [3.8, 4) is 0 Å². The molecule has 63 valence electrons. The fraction of sp³-hybridized carbons (Fsp3) is 0.286. The third kappa shape index (κ3) is 2.28. The van der Waals surface area contributed by atoms with Crippen molar-refractivity contribution < 1.29 is 42.2 Å². The predicted octanol–water partition coefficient (Wildman–Crippen LogP) is 1.22. The van der Waals surface area contributed by atoms with E-state index in [1.54, 1.807) is 0 Å². The van der Waals surface area contributed by atoms with Crippen molar-refractivity contribution in [2.45, 2.75) is 6.92 Å². The molecular weight excluding hydrogens is 251 g/mol. The van der Waals surface area contributed by atoms with Gasteiger partial charge in [0, 0.05) is 32.7 Å².